The van der Waals surface area contributed by atoms with E-state index in [4.69, 9.17) is 16.3 Å². The highest BCUT2D eigenvalue weighted by Gasteiger charge is 2.48. The van der Waals surface area contributed by atoms with Gasteiger partial charge in [-0.1, -0.05) is 61.3 Å². The molecule has 3 N–H and O–H groups in total. The Kier molecular flexibility index (Phi) is 12.4. The van der Waals surface area contributed by atoms with E-state index in [0.29, 0.717) is 37.1 Å². The Morgan fingerprint density at radius 3 is 2.46 bits per heavy atom. The van der Waals surface area contributed by atoms with Gasteiger partial charge in [-0.15, -0.1) is 0 Å². The van der Waals surface area contributed by atoms with Crippen LogP contribution in [-0.4, -0.2) is 94.8 Å². The number of carbonyl (C=O) groups excluding carboxylic acids is 4. The van der Waals surface area contributed by atoms with Gasteiger partial charge >= 0.3 is 0 Å². The summed E-state index contributed by atoms with van der Waals surface area (Å²) in [5.74, 6) is -1.62. The molecule has 50 heavy (non-hydrogen) atoms. The highest BCUT2D eigenvalue weighted by molar-refractivity contribution is 6.31. The van der Waals surface area contributed by atoms with Gasteiger partial charge in [0, 0.05) is 55.3 Å². The maximum Gasteiger partial charge on any atom is 0.274 e. The van der Waals surface area contributed by atoms with Crippen molar-refractivity contribution in [2.24, 2.45) is 17.8 Å². The Morgan fingerprint density at radius 1 is 0.980 bits per heavy atom. The Balaban J connectivity index is 0.000000470. The lowest BCUT2D eigenvalue weighted by atomic mass is 9.79. The van der Waals surface area contributed by atoms with Gasteiger partial charge in [-0.2, -0.15) is 0 Å². The first-order chi connectivity index (χ1) is 24.2. The van der Waals surface area contributed by atoms with Crippen molar-refractivity contribution in [2.75, 3.05) is 46.4 Å². The summed E-state index contributed by atoms with van der Waals surface area (Å²) in [5, 5.41) is 6.69. The van der Waals surface area contributed by atoms with E-state index in [9.17, 15) is 19.2 Å². The van der Waals surface area contributed by atoms with Crippen molar-refractivity contribution >= 4 is 46.1 Å². The second-order valence-electron chi connectivity index (χ2n) is 12.5. The number of hydrogen-bond acceptors (Lipinski definition) is 7. The predicted octanol–water partition coefficient (Wildman–Crippen LogP) is 3.90. The summed E-state index contributed by atoms with van der Waals surface area (Å²) in [5.41, 5.74) is 3.30. The van der Waals surface area contributed by atoms with Crippen molar-refractivity contribution in [2.45, 2.75) is 33.1 Å². The summed E-state index contributed by atoms with van der Waals surface area (Å²) in [6.45, 7) is 5.61. The number of halogens is 1. The molecule has 13 heteroatoms. The molecule has 264 valence electrons. The molecule has 0 spiro atoms. The van der Waals surface area contributed by atoms with Gasteiger partial charge in [0.05, 0.1) is 37.9 Å². The first-order valence-corrected chi connectivity index (χ1v) is 17.4. The zero-order valence-corrected chi connectivity index (χ0v) is 29.4. The van der Waals surface area contributed by atoms with Gasteiger partial charge in [0.15, 0.2) is 0 Å². The molecular formula is C37H44ClN7O5. The van der Waals surface area contributed by atoms with Gasteiger partial charge < -0.3 is 30.2 Å². The monoisotopic (exact) mass is 701 g/mol. The fourth-order valence-corrected chi connectivity index (χ4v) is 6.81. The number of carbonyl (C=O) groups is 4. The molecule has 2 aromatic carbocycles. The predicted molar refractivity (Wildman–Crippen MR) is 191 cm³/mol. The number of piperidine rings is 1. The average molecular weight is 702 g/mol. The minimum absolute atomic E-state index is 0.120. The van der Waals surface area contributed by atoms with Crippen LogP contribution in [0, 0.1) is 17.8 Å². The summed E-state index contributed by atoms with van der Waals surface area (Å²) >= 11 is 6.10. The number of aromatic amines is 1. The van der Waals surface area contributed by atoms with E-state index in [-0.39, 0.29) is 60.7 Å². The second-order valence-corrected chi connectivity index (χ2v) is 13.0. The van der Waals surface area contributed by atoms with Gasteiger partial charge in [0.1, 0.15) is 5.69 Å². The third-order valence-electron chi connectivity index (χ3n) is 9.15. The van der Waals surface area contributed by atoms with Gasteiger partial charge in [-0.25, -0.2) is 9.97 Å². The number of H-pyrrole nitrogens is 1. The van der Waals surface area contributed by atoms with E-state index >= 15 is 0 Å². The first kappa shape index (κ1) is 36.3. The number of likely N-dealkylation sites (tertiary alicyclic amines) is 2. The number of nitrogens with one attached hydrogen (secondary N) is 3. The van der Waals surface area contributed by atoms with Crippen LogP contribution in [0.1, 0.15) is 41.9 Å². The molecule has 2 aliphatic heterocycles. The SMILES string of the molecule is CCCc1ccccc1.CCOc1cnc(C(=O)N2CC3CN(C(=O)Cc4c[nH]c5cc(Cl)ccc45)CC(C(=O)NCC(=O)NC)C3C2)cn1. The minimum atomic E-state index is -0.589. The summed E-state index contributed by atoms with van der Waals surface area (Å²) < 4.78 is 5.32. The van der Waals surface area contributed by atoms with Crippen LogP contribution in [0.3, 0.4) is 0 Å². The van der Waals surface area contributed by atoms with Crippen LogP contribution in [0.25, 0.3) is 10.9 Å². The van der Waals surface area contributed by atoms with Crippen LogP contribution in [-0.2, 0) is 27.2 Å². The van der Waals surface area contributed by atoms with Crippen LogP contribution >= 0.6 is 11.6 Å². The molecular weight excluding hydrogens is 658 g/mol. The fourth-order valence-electron chi connectivity index (χ4n) is 6.63. The van der Waals surface area contributed by atoms with E-state index in [1.54, 1.807) is 22.1 Å². The lowest BCUT2D eigenvalue weighted by molar-refractivity contribution is -0.139. The third kappa shape index (κ3) is 8.97. The fraction of sp³-hybridized carbons (Fsp3) is 0.405. The van der Waals surface area contributed by atoms with Crippen molar-refractivity contribution in [1.82, 2.24) is 35.4 Å². The van der Waals surface area contributed by atoms with Crippen LogP contribution in [0.4, 0.5) is 0 Å². The highest BCUT2D eigenvalue weighted by atomic mass is 35.5. The normalized spacial score (nSPS) is 18.1. The van der Waals surface area contributed by atoms with Gasteiger partial charge in [-0.05, 0) is 48.4 Å². The standard InChI is InChI=1S/C28H32ClN7O5.C9H12/c1-3-41-25-11-32-23(9-33-25)28(40)36-13-17-12-35(15-21(20(17)14-36)27(39)34-10-24(37)30-2)26(38)6-16-8-31-22-7-18(29)4-5-19(16)22;1-2-6-9-7-4-3-5-8-9/h4-5,7-9,11,17,20-21,31H,3,6,10,12-15H2,1-2H3,(H,30,37)(H,34,39);3-5,7-8H,2,6H2,1H3. The zero-order chi connectivity index (χ0) is 35.6. The van der Waals surface area contributed by atoms with E-state index in [0.717, 1.165) is 16.5 Å². The minimum Gasteiger partial charge on any atom is -0.477 e. The highest BCUT2D eigenvalue weighted by Crippen LogP contribution is 2.36. The quantitative estimate of drug-likeness (QED) is 0.227. The number of likely N-dealkylation sites (N-methyl/N-ethyl adjacent to an activating group) is 1. The maximum atomic E-state index is 13.5. The largest absolute Gasteiger partial charge is 0.477 e. The number of hydrogen-bond donors (Lipinski definition) is 3. The van der Waals surface area contributed by atoms with E-state index in [2.05, 4.69) is 62.8 Å². The Morgan fingerprint density at radius 2 is 1.76 bits per heavy atom. The van der Waals surface area contributed by atoms with Crippen molar-refractivity contribution in [3.63, 3.8) is 0 Å². The van der Waals surface area contributed by atoms with Gasteiger partial charge in [0.25, 0.3) is 5.91 Å². The Hall–Kier alpha value is -4.97. The number of aryl methyl sites for hydroxylation is 1. The Bertz CT molecular complexity index is 1780. The number of benzene rings is 2. The van der Waals surface area contributed by atoms with Crippen LogP contribution < -0.4 is 15.4 Å². The smallest absolute Gasteiger partial charge is 0.274 e. The summed E-state index contributed by atoms with van der Waals surface area (Å²) in [6, 6.07) is 16.0. The van der Waals surface area contributed by atoms with Crippen LogP contribution in [0.2, 0.25) is 5.02 Å². The number of nitrogens with zero attached hydrogens (tertiary/aromatic N) is 4. The molecule has 0 bridgehead atoms. The molecule has 4 amide bonds. The number of aromatic nitrogens is 3. The molecule has 4 heterocycles. The second kappa shape index (κ2) is 17.1. The molecule has 0 aliphatic carbocycles. The van der Waals surface area contributed by atoms with Crippen molar-refractivity contribution in [3.8, 4) is 5.88 Å². The molecule has 0 saturated carbocycles. The van der Waals surface area contributed by atoms with Gasteiger partial charge in [-0.3, -0.25) is 19.2 Å². The molecule has 12 nitrogen and oxygen atoms in total. The number of rotatable bonds is 10. The summed E-state index contributed by atoms with van der Waals surface area (Å²) in [6.07, 6.45) is 7.19. The maximum absolute atomic E-state index is 13.5. The molecule has 3 unspecified atom stereocenters. The van der Waals surface area contributed by atoms with E-state index in [1.165, 1.54) is 37.8 Å². The van der Waals surface area contributed by atoms with Crippen LogP contribution in [0.15, 0.2) is 67.1 Å². The lowest BCUT2D eigenvalue weighted by Gasteiger charge is -2.39. The topological polar surface area (TPSA) is 150 Å². The molecule has 6 rings (SSSR count). The van der Waals surface area contributed by atoms with Crippen molar-refractivity contribution in [3.05, 3.63) is 89.0 Å². The Labute approximate surface area is 296 Å². The van der Waals surface area contributed by atoms with Crippen LogP contribution in [0.5, 0.6) is 5.88 Å². The summed E-state index contributed by atoms with van der Waals surface area (Å²) in [7, 11) is 1.49. The third-order valence-corrected chi connectivity index (χ3v) is 9.39. The molecule has 0 radical (unpaired) electrons. The molecule has 3 atom stereocenters. The van der Waals surface area contributed by atoms with Crippen molar-refractivity contribution in [1.29, 1.82) is 0 Å². The average Bonchev–Trinajstić information content (AvgIpc) is 3.75. The number of ether oxygens (including phenoxy) is 1. The number of fused-ring (bicyclic) bond motifs is 2. The molecule has 2 aliphatic rings. The first-order valence-electron chi connectivity index (χ1n) is 17.0. The van der Waals surface area contributed by atoms with E-state index < -0.39 is 5.92 Å². The number of amides is 4. The lowest BCUT2D eigenvalue weighted by Crippen LogP contribution is -2.54. The molecule has 2 saturated heterocycles. The molecule has 2 aromatic heterocycles. The zero-order valence-electron chi connectivity index (χ0n) is 28.7. The molecule has 2 fully saturated rings. The summed E-state index contributed by atoms with van der Waals surface area (Å²) in [4.78, 5) is 66.8. The molecule has 4 aromatic rings. The van der Waals surface area contributed by atoms with E-state index in [1.807, 2.05) is 19.1 Å². The van der Waals surface area contributed by atoms with Crippen molar-refractivity contribution < 1.29 is 23.9 Å². The van der Waals surface area contributed by atoms with Gasteiger partial charge in [0.2, 0.25) is 23.6 Å².